The number of nitrogens with one attached hydrogen (secondary N) is 1. The van der Waals surface area contributed by atoms with Crippen LogP contribution in [-0.2, 0) is 20.2 Å². The van der Waals surface area contributed by atoms with Crippen LogP contribution in [0.1, 0.15) is 69.3 Å². The fraction of sp³-hybridized carbons (Fsp3) is 0.432. The number of imidazole rings is 1. The first-order chi connectivity index (χ1) is 23.0. The number of carbonyl (C=O) groups is 2. The van der Waals surface area contributed by atoms with Crippen molar-refractivity contribution in [2.45, 2.75) is 92.2 Å². The molecule has 1 N–H and O–H groups in total. The van der Waals surface area contributed by atoms with Crippen LogP contribution in [0.4, 0.5) is 4.79 Å². The number of piperidine rings is 2. The summed E-state index contributed by atoms with van der Waals surface area (Å²) in [4.78, 5) is 33.9. The molecule has 0 saturated carbocycles. The van der Waals surface area contributed by atoms with E-state index in [1.807, 2.05) is 24.3 Å². The van der Waals surface area contributed by atoms with Crippen LogP contribution in [-0.4, -0.2) is 69.8 Å². The normalized spacial score (nSPS) is 27.6. The number of alkyl halides is 1. The Morgan fingerprint density at radius 2 is 1.54 bits per heavy atom. The summed E-state index contributed by atoms with van der Waals surface area (Å²) in [6.45, 7) is 4.47. The molecular formula is C37H42ClN5O4S. The molecule has 4 unspecified atom stereocenters. The lowest BCUT2D eigenvalue weighted by Gasteiger charge is -2.51. The molecule has 2 bridgehead atoms. The molecule has 0 spiro atoms. The number of para-hydroxylation sites is 2. The molecule has 252 valence electrons. The summed E-state index contributed by atoms with van der Waals surface area (Å²) in [6, 6.07) is 26.6. The third-order valence-electron chi connectivity index (χ3n) is 11.1. The number of aromatic nitrogens is 2. The summed E-state index contributed by atoms with van der Waals surface area (Å²) in [5.74, 6) is 0.673. The lowest BCUT2D eigenvalue weighted by atomic mass is 9.67. The number of urea groups is 1. The molecule has 1 aromatic heterocycles. The number of nitrogens with zero attached hydrogens (tertiary/aromatic N) is 4. The minimum Gasteiger partial charge on any atom is -0.325 e. The van der Waals surface area contributed by atoms with Crippen molar-refractivity contribution >= 4 is 44.5 Å². The van der Waals surface area contributed by atoms with Gasteiger partial charge in [-0.25, -0.2) is 22.9 Å². The minimum atomic E-state index is -4.16. The van der Waals surface area contributed by atoms with E-state index in [0.717, 1.165) is 55.6 Å². The molecule has 4 atom stereocenters. The maximum Gasteiger partial charge on any atom is 0.333 e. The Bertz CT molecular complexity index is 1920. The van der Waals surface area contributed by atoms with Crippen molar-refractivity contribution in [3.63, 3.8) is 0 Å². The standard InChI is InChI=1S/C37H42ClN5O4S/c1-26(44)37(38)25-36(28-11-5-3-6-12-28,20-22-42(37)35(45)40-48(46,47)32-13-7-4-8-14-32)19-21-41-29-17-18-30(41)24-31(23-29)43-27(2)39-33-15-9-10-16-34(33)43/h3-16,29-31H,17-25H2,1-2H3,(H,40,45). The molecule has 0 aliphatic carbocycles. The summed E-state index contributed by atoms with van der Waals surface area (Å²) in [5.41, 5.74) is 2.83. The van der Waals surface area contributed by atoms with E-state index in [1.54, 1.807) is 18.2 Å². The van der Waals surface area contributed by atoms with E-state index in [9.17, 15) is 18.0 Å². The van der Waals surface area contributed by atoms with Gasteiger partial charge in [0.2, 0.25) is 0 Å². The van der Waals surface area contributed by atoms with Crippen molar-refractivity contribution in [3.05, 3.63) is 96.3 Å². The summed E-state index contributed by atoms with van der Waals surface area (Å²) < 4.78 is 30.7. The molecule has 4 heterocycles. The van der Waals surface area contributed by atoms with E-state index < -0.39 is 26.5 Å². The highest BCUT2D eigenvalue weighted by atomic mass is 35.5. The predicted octanol–water partition coefficient (Wildman–Crippen LogP) is 6.56. The number of benzene rings is 3. The second-order valence-corrected chi connectivity index (χ2v) is 16.1. The van der Waals surface area contributed by atoms with Gasteiger partial charge in [0, 0.05) is 36.5 Å². The van der Waals surface area contributed by atoms with Crippen LogP contribution in [0.3, 0.4) is 0 Å². The highest BCUT2D eigenvalue weighted by Gasteiger charge is 2.54. The van der Waals surface area contributed by atoms with Gasteiger partial charge in [-0.1, -0.05) is 72.3 Å². The molecule has 3 fully saturated rings. The van der Waals surface area contributed by atoms with E-state index >= 15 is 0 Å². The van der Waals surface area contributed by atoms with Gasteiger partial charge < -0.3 is 4.57 Å². The molecule has 9 nitrogen and oxygen atoms in total. The van der Waals surface area contributed by atoms with Crippen molar-refractivity contribution in [2.75, 3.05) is 13.1 Å². The zero-order valence-electron chi connectivity index (χ0n) is 27.4. The van der Waals surface area contributed by atoms with E-state index in [4.69, 9.17) is 16.6 Å². The number of ketones is 1. The van der Waals surface area contributed by atoms with Gasteiger partial charge in [-0.15, -0.1) is 0 Å². The molecule has 3 aromatic carbocycles. The number of likely N-dealkylation sites (tertiary alicyclic amines) is 1. The van der Waals surface area contributed by atoms with Gasteiger partial charge in [0.15, 0.2) is 10.8 Å². The SMILES string of the molecule is CC(=O)C1(Cl)CC(CCN2C3CCC2CC(n2c(C)nc4ccccc42)C3)(c2ccccc2)CCN1C(=O)NS(=O)(=O)c1ccccc1. The Labute approximate surface area is 287 Å². The van der Waals surface area contributed by atoms with Crippen LogP contribution in [0.25, 0.3) is 11.0 Å². The molecular weight excluding hydrogens is 646 g/mol. The number of halogens is 1. The van der Waals surface area contributed by atoms with Crippen molar-refractivity contribution in [3.8, 4) is 0 Å². The largest absolute Gasteiger partial charge is 0.333 e. The molecule has 11 heteroatoms. The fourth-order valence-corrected chi connectivity index (χ4v) is 10.1. The summed E-state index contributed by atoms with van der Waals surface area (Å²) >= 11 is 7.21. The van der Waals surface area contributed by atoms with Crippen molar-refractivity contribution in [1.82, 2.24) is 24.1 Å². The van der Waals surface area contributed by atoms with Gasteiger partial charge in [-0.05, 0) is 88.7 Å². The average Bonchev–Trinajstić information content (AvgIpc) is 3.54. The van der Waals surface area contributed by atoms with Gasteiger partial charge in [0.1, 0.15) is 5.82 Å². The van der Waals surface area contributed by atoms with Crippen LogP contribution >= 0.6 is 11.6 Å². The fourth-order valence-electron chi connectivity index (χ4n) is 8.73. The molecule has 7 rings (SSSR count). The Balaban J connectivity index is 1.12. The Hall–Kier alpha value is -3.73. The molecule has 2 amide bonds. The van der Waals surface area contributed by atoms with Gasteiger partial charge in [-0.3, -0.25) is 14.6 Å². The number of hydrogen-bond acceptors (Lipinski definition) is 6. The average molecular weight is 688 g/mol. The topological polar surface area (TPSA) is 105 Å². The van der Waals surface area contributed by atoms with Gasteiger partial charge in [-0.2, -0.15) is 0 Å². The third-order valence-corrected chi connectivity index (χ3v) is 13.0. The van der Waals surface area contributed by atoms with E-state index in [-0.39, 0.29) is 23.6 Å². The van der Waals surface area contributed by atoms with Crippen LogP contribution in [0, 0.1) is 6.92 Å². The van der Waals surface area contributed by atoms with Gasteiger partial charge in [0.05, 0.1) is 15.9 Å². The first-order valence-electron chi connectivity index (χ1n) is 16.8. The molecule has 0 radical (unpaired) electrons. The number of carbonyl (C=O) groups excluding carboxylic acids is 2. The van der Waals surface area contributed by atoms with E-state index in [2.05, 4.69) is 51.4 Å². The van der Waals surface area contributed by atoms with Gasteiger partial charge in [0.25, 0.3) is 10.0 Å². The number of hydrogen-bond donors (Lipinski definition) is 1. The van der Waals surface area contributed by atoms with Gasteiger partial charge >= 0.3 is 6.03 Å². The van der Waals surface area contributed by atoms with E-state index in [1.165, 1.54) is 29.5 Å². The van der Waals surface area contributed by atoms with Crippen LogP contribution in [0.15, 0.2) is 89.8 Å². The number of sulfonamides is 1. The van der Waals surface area contributed by atoms with E-state index in [0.29, 0.717) is 24.5 Å². The quantitative estimate of drug-likeness (QED) is 0.166. The number of Topliss-reactive ketones (excluding diaryl/α,β-unsaturated/α-hetero) is 1. The maximum atomic E-state index is 13.6. The zero-order valence-corrected chi connectivity index (χ0v) is 29.0. The van der Waals surface area contributed by atoms with Crippen molar-refractivity contribution < 1.29 is 18.0 Å². The number of aryl methyl sites for hydroxylation is 1. The monoisotopic (exact) mass is 687 g/mol. The number of fused-ring (bicyclic) bond motifs is 3. The first-order valence-corrected chi connectivity index (χ1v) is 18.7. The van der Waals surface area contributed by atoms with Crippen LogP contribution < -0.4 is 4.72 Å². The summed E-state index contributed by atoms with van der Waals surface area (Å²) in [6.07, 6.45) is 5.93. The Kier molecular flexibility index (Phi) is 8.62. The van der Waals surface area contributed by atoms with Crippen molar-refractivity contribution in [1.29, 1.82) is 0 Å². The Morgan fingerprint density at radius 1 is 0.917 bits per heavy atom. The maximum absolute atomic E-state index is 13.6. The lowest BCUT2D eigenvalue weighted by molar-refractivity contribution is -0.125. The molecule has 3 aliphatic heterocycles. The highest BCUT2D eigenvalue weighted by Crippen LogP contribution is 2.49. The molecule has 3 aliphatic rings. The van der Waals surface area contributed by atoms with Crippen LogP contribution in [0.2, 0.25) is 0 Å². The number of rotatable bonds is 8. The molecule has 3 saturated heterocycles. The first kappa shape index (κ1) is 32.8. The smallest absolute Gasteiger partial charge is 0.325 e. The molecule has 48 heavy (non-hydrogen) atoms. The number of amides is 2. The zero-order chi connectivity index (χ0) is 33.7. The summed E-state index contributed by atoms with van der Waals surface area (Å²) in [7, 11) is -4.16. The third kappa shape index (κ3) is 5.81. The second-order valence-electron chi connectivity index (χ2n) is 13.8. The predicted molar refractivity (Wildman–Crippen MR) is 186 cm³/mol. The highest BCUT2D eigenvalue weighted by molar-refractivity contribution is 7.90. The Morgan fingerprint density at radius 3 is 2.21 bits per heavy atom. The summed E-state index contributed by atoms with van der Waals surface area (Å²) in [5, 5.41) is 0. The van der Waals surface area contributed by atoms with Crippen molar-refractivity contribution in [2.24, 2.45) is 0 Å². The lowest BCUT2D eigenvalue weighted by Crippen LogP contribution is -2.63. The minimum absolute atomic E-state index is 0.0354. The second kappa shape index (κ2) is 12.6. The molecule has 4 aromatic rings. The van der Waals surface area contributed by atoms with Crippen LogP contribution in [0.5, 0.6) is 0 Å².